The monoisotopic (exact) mass is 1010 g/mol. The van der Waals surface area contributed by atoms with Crippen molar-refractivity contribution in [3.63, 3.8) is 0 Å². The van der Waals surface area contributed by atoms with Crippen LogP contribution in [0.4, 0.5) is 68.2 Å². The van der Waals surface area contributed by atoms with E-state index in [0.717, 1.165) is 12.8 Å². The molecule has 0 amide bonds. The Morgan fingerprint density at radius 2 is 0.615 bits per heavy atom. The maximum Gasteiger partial charge on any atom is 0.252 e. The van der Waals surface area contributed by atoms with Crippen molar-refractivity contribution >= 4 is 114 Å². The second-order valence-electron chi connectivity index (χ2n) is 26.4. The van der Waals surface area contributed by atoms with E-state index in [1.165, 1.54) is 147 Å². The van der Waals surface area contributed by atoms with E-state index >= 15 is 0 Å². The van der Waals surface area contributed by atoms with Crippen LogP contribution in [-0.2, 0) is 21.7 Å². The minimum absolute atomic E-state index is 0.0276. The Morgan fingerprint density at radius 3 is 1.00 bits per heavy atom. The van der Waals surface area contributed by atoms with Gasteiger partial charge in [0.15, 0.2) is 0 Å². The average molecular weight is 1010 g/mol. The molecule has 4 nitrogen and oxygen atoms in total. The van der Waals surface area contributed by atoms with E-state index in [1.807, 2.05) is 0 Å². The zero-order valence-corrected chi connectivity index (χ0v) is 47.1. The van der Waals surface area contributed by atoms with Crippen LogP contribution < -0.4 is 52.4 Å². The fraction of sp³-hybridized carbons (Fsp3) is 0.250. The number of aryl methyl sites for hydroxylation is 2. The highest BCUT2D eigenvalue weighted by Gasteiger charge is 2.49. The topological polar surface area (TPSA) is 13.0 Å². The summed E-state index contributed by atoms with van der Waals surface area (Å²) >= 11 is 0. The van der Waals surface area contributed by atoms with Crippen LogP contribution in [0.2, 0.25) is 0 Å². The molecule has 0 spiro atoms. The molecule has 0 N–H and O–H groups in total. The molecule has 15 rings (SSSR count). The second kappa shape index (κ2) is 16.4. The minimum atomic E-state index is -0.0323. The van der Waals surface area contributed by atoms with Crippen molar-refractivity contribution in [2.24, 2.45) is 0 Å². The van der Waals surface area contributed by atoms with E-state index in [-0.39, 0.29) is 35.1 Å². The van der Waals surface area contributed by atoms with Crippen LogP contribution in [0.5, 0.6) is 0 Å². The lowest BCUT2D eigenvalue weighted by Gasteiger charge is -2.48. The van der Waals surface area contributed by atoms with E-state index in [1.54, 1.807) is 0 Å². The van der Waals surface area contributed by atoms with Crippen molar-refractivity contribution in [3.8, 4) is 0 Å². The molecule has 6 aliphatic rings. The number of fused-ring (bicyclic) bond motifs is 10. The maximum atomic E-state index is 2.69. The van der Waals surface area contributed by atoms with Crippen molar-refractivity contribution in [2.45, 2.75) is 117 Å². The summed E-state index contributed by atoms with van der Waals surface area (Å²) in [5.41, 5.74) is 31.4. The third kappa shape index (κ3) is 6.74. The number of hydrogen-bond donors (Lipinski definition) is 0. The Morgan fingerprint density at radius 1 is 0.282 bits per heavy atom. The van der Waals surface area contributed by atoms with Gasteiger partial charge in [-0.2, -0.15) is 0 Å². The van der Waals surface area contributed by atoms with Crippen LogP contribution in [-0.4, -0.2) is 13.4 Å². The van der Waals surface area contributed by atoms with Crippen LogP contribution in [0.1, 0.15) is 114 Å². The number of benzene rings is 9. The summed E-state index contributed by atoms with van der Waals surface area (Å²) in [4.78, 5) is 10.5. The van der Waals surface area contributed by atoms with Gasteiger partial charge >= 0.3 is 0 Å². The summed E-state index contributed by atoms with van der Waals surface area (Å²) in [6.45, 7) is 24.2. The first-order valence-corrected chi connectivity index (χ1v) is 28.7. The third-order valence-corrected chi connectivity index (χ3v) is 19.6. The van der Waals surface area contributed by atoms with Gasteiger partial charge in [0.05, 0.1) is 0 Å². The summed E-state index contributed by atoms with van der Waals surface area (Å²) in [6.07, 6.45) is 4.66. The van der Waals surface area contributed by atoms with Crippen molar-refractivity contribution in [1.29, 1.82) is 0 Å². The Hall–Kier alpha value is -7.69. The molecular weight excluding hydrogens is 942 g/mol. The molecule has 382 valence electrons. The lowest BCUT2D eigenvalue weighted by Crippen LogP contribution is -2.65. The number of anilines is 12. The first kappa shape index (κ1) is 47.5. The van der Waals surface area contributed by atoms with Gasteiger partial charge in [-0.25, -0.2) is 0 Å². The normalized spacial score (nSPS) is 17.9. The standard InChI is InChI=1S/C72H68B2N4/c1-45-37-63-67-65(39-45)77(49-29-31-51-53(41-49)71(7,8)35-33-69(51,3)4)61-44-62-58(43-57(61)73(67)55-25-17-19-27-59(55)75(63)47-21-13-11-14-22-47)74-56-26-18-20-28-60(56)76(48-23-15-12-16-24-48)64-38-46(2)40-66(68(64)74)78(62)50-30-32-52-54(42-50)72(9,10)36-34-70(52,5)6/h11-32,37-44H,33-36H2,1-10H3. The first-order valence-electron chi connectivity index (χ1n) is 28.7. The summed E-state index contributed by atoms with van der Waals surface area (Å²) in [5.74, 6) is 0. The van der Waals surface area contributed by atoms with E-state index in [0.29, 0.717) is 0 Å². The number of hydrogen-bond acceptors (Lipinski definition) is 4. The Kier molecular flexibility index (Phi) is 10.0. The zero-order chi connectivity index (χ0) is 53.4. The highest BCUT2D eigenvalue weighted by Crippen LogP contribution is 2.53. The highest BCUT2D eigenvalue weighted by molar-refractivity contribution is 7.03. The van der Waals surface area contributed by atoms with Gasteiger partial charge in [0.1, 0.15) is 0 Å². The molecule has 0 saturated heterocycles. The summed E-state index contributed by atoms with van der Waals surface area (Å²) in [5, 5.41) is 0. The summed E-state index contributed by atoms with van der Waals surface area (Å²) in [7, 11) is 0. The maximum absolute atomic E-state index is 2.69. The van der Waals surface area contributed by atoms with Crippen LogP contribution in [0.25, 0.3) is 0 Å². The molecule has 2 aliphatic carbocycles. The minimum Gasteiger partial charge on any atom is -0.311 e. The van der Waals surface area contributed by atoms with Gasteiger partial charge in [-0.05, 0) is 218 Å². The molecule has 0 aromatic heterocycles. The lowest BCUT2D eigenvalue weighted by atomic mass is 9.30. The molecule has 0 saturated carbocycles. The first-order chi connectivity index (χ1) is 37.5. The highest BCUT2D eigenvalue weighted by atomic mass is 15.2. The van der Waals surface area contributed by atoms with E-state index in [4.69, 9.17) is 0 Å². The van der Waals surface area contributed by atoms with Crippen LogP contribution >= 0.6 is 0 Å². The Bertz CT molecular complexity index is 3750. The molecule has 0 atom stereocenters. The predicted octanol–water partition coefficient (Wildman–Crippen LogP) is 15.2. The molecule has 4 heterocycles. The predicted molar refractivity (Wildman–Crippen MR) is 335 cm³/mol. The second-order valence-corrected chi connectivity index (χ2v) is 26.4. The number of rotatable bonds is 4. The lowest BCUT2D eigenvalue weighted by molar-refractivity contribution is 0.332. The van der Waals surface area contributed by atoms with Crippen LogP contribution in [0.3, 0.4) is 0 Å². The van der Waals surface area contributed by atoms with Gasteiger partial charge in [0.2, 0.25) is 0 Å². The summed E-state index contributed by atoms with van der Waals surface area (Å²) in [6, 6.07) is 70.9. The number of para-hydroxylation sites is 4. The van der Waals surface area contributed by atoms with Crippen molar-refractivity contribution in [3.05, 3.63) is 215 Å². The molecule has 6 heteroatoms. The molecule has 0 bridgehead atoms. The van der Waals surface area contributed by atoms with Crippen molar-refractivity contribution < 1.29 is 0 Å². The molecule has 9 aromatic carbocycles. The van der Waals surface area contributed by atoms with Gasteiger partial charge in [-0.15, -0.1) is 0 Å². The number of nitrogens with zero attached hydrogens (tertiary/aromatic N) is 4. The van der Waals surface area contributed by atoms with Gasteiger partial charge in [-0.3, -0.25) is 0 Å². The third-order valence-electron chi connectivity index (χ3n) is 19.6. The molecule has 0 fully saturated rings. The smallest absolute Gasteiger partial charge is 0.252 e. The fourth-order valence-corrected chi connectivity index (χ4v) is 15.4. The van der Waals surface area contributed by atoms with Crippen molar-refractivity contribution in [2.75, 3.05) is 19.6 Å². The van der Waals surface area contributed by atoms with Gasteiger partial charge in [-0.1, -0.05) is 146 Å². The Labute approximate surface area is 463 Å². The van der Waals surface area contributed by atoms with Crippen LogP contribution in [0.15, 0.2) is 182 Å². The van der Waals surface area contributed by atoms with Crippen LogP contribution in [0, 0.1) is 13.8 Å². The zero-order valence-electron chi connectivity index (χ0n) is 47.1. The quantitative estimate of drug-likeness (QED) is 0.163. The van der Waals surface area contributed by atoms with E-state index < -0.39 is 0 Å². The van der Waals surface area contributed by atoms with E-state index in [2.05, 4.69) is 271 Å². The largest absolute Gasteiger partial charge is 0.311 e. The van der Waals surface area contributed by atoms with Gasteiger partial charge in [0.25, 0.3) is 13.4 Å². The molecule has 9 aromatic rings. The molecule has 0 radical (unpaired) electrons. The SMILES string of the molecule is Cc1cc2c3c(c1)N(c1ccc4c(c1)C(C)(C)CCC4(C)C)c1cc4c(cc1B3c1ccccc1N2c1ccccc1)B1c2ccccc2N(c2ccccc2)c2cc(C)cc(c21)N4c1ccc2c(c1)C(C)(C)CCC2(C)C. The average Bonchev–Trinajstić information content (AvgIpc) is 2.78. The molecular formula is C72H68B2N4. The molecule has 0 unspecified atom stereocenters. The van der Waals surface area contributed by atoms with Gasteiger partial charge < -0.3 is 19.6 Å². The summed E-state index contributed by atoms with van der Waals surface area (Å²) < 4.78 is 0. The fourth-order valence-electron chi connectivity index (χ4n) is 15.4. The Balaban J connectivity index is 1.07. The molecule has 78 heavy (non-hydrogen) atoms. The molecule has 4 aliphatic heterocycles. The van der Waals surface area contributed by atoms with Crippen molar-refractivity contribution in [1.82, 2.24) is 0 Å². The van der Waals surface area contributed by atoms with Gasteiger partial charge in [0, 0.05) is 68.2 Å². The van der Waals surface area contributed by atoms with E-state index in [9.17, 15) is 0 Å².